The number of nitrogens with zero attached hydrogens (tertiary/aromatic N) is 2. The first-order valence-electron chi connectivity index (χ1n) is 4.85. The van der Waals surface area contributed by atoms with Crippen molar-refractivity contribution in [3.63, 3.8) is 0 Å². The lowest BCUT2D eigenvalue weighted by atomic mass is 10.3. The summed E-state index contributed by atoms with van der Waals surface area (Å²) in [6.07, 6.45) is 1.30. The lowest BCUT2D eigenvalue weighted by Gasteiger charge is -2.07. The summed E-state index contributed by atoms with van der Waals surface area (Å²) >= 11 is 8.55. The molecule has 5 nitrogen and oxygen atoms in total. The fourth-order valence-electron chi connectivity index (χ4n) is 1.21. The van der Waals surface area contributed by atoms with Gasteiger partial charge in [0, 0.05) is 6.20 Å². The number of anilines is 1. The molecule has 0 unspecified atom stereocenters. The van der Waals surface area contributed by atoms with E-state index in [0.29, 0.717) is 0 Å². The lowest BCUT2D eigenvalue weighted by Crippen LogP contribution is -2.15. The highest BCUT2D eigenvalue weighted by Crippen LogP contribution is 2.20. The monoisotopic (exact) mass is 365 g/mol. The van der Waals surface area contributed by atoms with E-state index < -0.39 is 15.8 Å². The van der Waals surface area contributed by atoms with Gasteiger partial charge in [0.25, 0.3) is 10.0 Å². The summed E-state index contributed by atoms with van der Waals surface area (Å²) in [5, 5.41) is 0.0923. The van der Waals surface area contributed by atoms with E-state index >= 15 is 0 Å². The Morgan fingerprint density at radius 1 is 1.32 bits per heavy atom. The molecular weight excluding hydrogens is 361 g/mol. The third kappa shape index (κ3) is 3.40. The van der Waals surface area contributed by atoms with E-state index in [1.165, 1.54) is 24.4 Å². The van der Waals surface area contributed by atoms with Gasteiger partial charge in [-0.2, -0.15) is 0 Å². The predicted octanol–water partition coefficient (Wildman–Crippen LogP) is 2.83. The van der Waals surface area contributed by atoms with Crippen LogP contribution in [0.1, 0.15) is 0 Å². The maximum absolute atomic E-state index is 13.3. The zero-order chi connectivity index (χ0) is 14.0. The molecule has 0 amide bonds. The summed E-state index contributed by atoms with van der Waals surface area (Å²) in [5.41, 5.74) is 0. The molecule has 0 aliphatic heterocycles. The minimum Gasteiger partial charge on any atom is -0.247 e. The summed E-state index contributed by atoms with van der Waals surface area (Å²) in [4.78, 5) is 7.15. The molecule has 0 saturated carbocycles. The highest BCUT2D eigenvalue weighted by molar-refractivity contribution is 9.10. The number of halogens is 3. The first-order valence-corrected chi connectivity index (χ1v) is 7.50. The molecule has 0 bridgehead atoms. The van der Waals surface area contributed by atoms with Crippen molar-refractivity contribution in [3.05, 3.63) is 45.9 Å². The van der Waals surface area contributed by atoms with Gasteiger partial charge in [0.2, 0.25) is 5.95 Å². The Balaban J connectivity index is 2.35. The predicted molar refractivity (Wildman–Crippen MR) is 72.0 cm³/mol. The number of sulfonamides is 1. The van der Waals surface area contributed by atoms with E-state index in [2.05, 4.69) is 30.6 Å². The second-order valence-corrected chi connectivity index (χ2v) is 6.31. The van der Waals surface area contributed by atoms with E-state index in [0.717, 1.165) is 6.07 Å². The normalized spacial score (nSPS) is 11.3. The van der Waals surface area contributed by atoms with Crippen LogP contribution in [0.25, 0.3) is 0 Å². The molecule has 0 aliphatic carbocycles. The zero-order valence-corrected chi connectivity index (χ0v) is 12.3. The van der Waals surface area contributed by atoms with Crippen molar-refractivity contribution in [2.24, 2.45) is 0 Å². The topological polar surface area (TPSA) is 72.0 Å². The van der Waals surface area contributed by atoms with Crippen LogP contribution in [0.2, 0.25) is 5.15 Å². The van der Waals surface area contributed by atoms with Gasteiger partial charge in [0.05, 0.1) is 9.37 Å². The fraction of sp³-hybridized carbons (Fsp3) is 0. The molecule has 0 saturated heterocycles. The van der Waals surface area contributed by atoms with Crippen LogP contribution in [-0.2, 0) is 10.0 Å². The molecule has 2 aromatic rings. The Morgan fingerprint density at radius 3 is 2.68 bits per heavy atom. The van der Waals surface area contributed by atoms with Gasteiger partial charge in [-0.05, 0) is 40.2 Å². The molecule has 0 radical (unpaired) electrons. The highest BCUT2D eigenvalue weighted by atomic mass is 79.9. The molecule has 2 rings (SSSR count). The van der Waals surface area contributed by atoms with Crippen LogP contribution in [0, 0.1) is 5.82 Å². The van der Waals surface area contributed by atoms with Gasteiger partial charge in [-0.25, -0.2) is 27.5 Å². The van der Waals surface area contributed by atoms with Crippen LogP contribution in [0.4, 0.5) is 10.3 Å². The van der Waals surface area contributed by atoms with Crippen LogP contribution in [0.5, 0.6) is 0 Å². The van der Waals surface area contributed by atoms with E-state index in [-0.39, 0.29) is 20.5 Å². The summed E-state index contributed by atoms with van der Waals surface area (Å²) in [6, 6.07) is 4.83. The number of rotatable bonds is 3. The van der Waals surface area contributed by atoms with Crippen molar-refractivity contribution in [2.75, 3.05) is 4.72 Å². The Morgan fingerprint density at radius 2 is 2.05 bits per heavy atom. The summed E-state index contributed by atoms with van der Waals surface area (Å²) in [7, 11) is -3.96. The van der Waals surface area contributed by atoms with Crippen LogP contribution >= 0.6 is 27.5 Å². The maximum atomic E-state index is 13.3. The van der Waals surface area contributed by atoms with E-state index in [4.69, 9.17) is 11.6 Å². The molecule has 1 N–H and O–H groups in total. The number of aromatic nitrogens is 2. The molecule has 100 valence electrons. The van der Waals surface area contributed by atoms with Gasteiger partial charge in [-0.15, -0.1) is 0 Å². The average Bonchev–Trinajstić information content (AvgIpc) is 2.32. The number of nitrogens with one attached hydrogen (secondary N) is 1. The second kappa shape index (κ2) is 5.40. The van der Waals surface area contributed by atoms with Crippen molar-refractivity contribution >= 4 is 43.5 Å². The third-order valence-corrected chi connectivity index (χ3v) is 4.23. The minimum absolute atomic E-state index is 0.0923. The third-order valence-electron chi connectivity index (χ3n) is 2.05. The van der Waals surface area contributed by atoms with Crippen LogP contribution in [0.15, 0.2) is 39.8 Å². The van der Waals surface area contributed by atoms with E-state index in [1.54, 1.807) is 0 Å². The zero-order valence-electron chi connectivity index (χ0n) is 9.14. The quantitative estimate of drug-likeness (QED) is 0.848. The largest absolute Gasteiger partial charge is 0.264 e. The molecule has 0 spiro atoms. The molecular formula is C10H6BrClFN3O2S. The molecule has 0 fully saturated rings. The molecule has 0 atom stereocenters. The minimum atomic E-state index is -3.96. The molecule has 1 heterocycles. The summed E-state index contributed by atoms with van der Waals surface area (Å²) in [5.74, 6) is -0.870. The van der Waals surface area contributed by atoms with E-state index in [9.17, 15) is 12.8 Å². The summed E-state index contributed by atoms with van der Waals surface area (Å²) in [6.45, 7) is 0. The standard InChI is InChI=1S/C10H6BrClFN3O2S/c11-7-2-1-6(5-8(7)13)19(17,18)16-10-14-4-3-9(12)15-10/h1-5H,(H,14,15,16). The fourth-order valence-corrected chi connectivity index (χ4v) is 2.55. The van der Waals surface area contributed by atoms with Gasteiger partial charge in [-0.1, -0.05) is 11.6 Å². The number of benzene rings is 1. The van der Waals surface area contributed by atoms with Gasteiger partial charge >= 0.3 is 0 Å². The van der Waals surface area contributed by atoms with Gasteiger partial charge in [0.15, 0.2) is 0 Å². The van der Waals surface area contributed by atoms with Crippen molar-refractivity contribution < 1.29 is 12.8 Å². The SMILES string of the molecule is O=S(=O)(Nc1nccc(Cl)n1)c1ccc(Br)c(F)c1. The van der Waals surface area contributed by atoms with Crippen LogP contribution in [-0.4, -0.2) is 18.4 Å². The Kier molecular flexibility index (Phi) is 4.02. The highest BCUT2D eigenvalue weighted by Gasteiger charge is 2.17. The van der Waals surface area contributed by atoms with Crippen molar-refractivity contribution in [1.82, 2.24) is 9.97 Å². The maximum Gasteiger partial charge on any atom is 0.264 e. The van der Waals surface area contributed by atoms with Crippen molar-refractivity contribution in [3.8, 4) is 0 Å². The molecule has 19 heavy (non-hydrogen) atoms. The molecule has 1 aromatic heterocycles. The molecule has 1 aromatic carbocycles. The molecule has 0 aliphatic rings. The lowest BCUT2D eigenvalue weighted by molar-refractivity contribution is 0.593. The number of hydrogen-bond donors (Lipinski definition) is 1. The smallest absolute Gasteiger partial charge is 0.247 e. The second-order valence-electron chi connectivity index (χ2n) is 3.38. The van der Waals surface area contributed by atoms with Crippen molar-refractivity contribution in [2.45, 2.75) is 4.90 Å². The van der Waals surface area contributed by atoms with E-state index in [1.807, 2.05) is 0 Å². The Labute approximate surface area is 122 Å². The first kappa shape index (κ1) is 14.2. The summed E-state index contributed by atoms with van der Waals surface area (Å²) < 4.78 is 39.5. The molecule has 9 heteroatoms. The van der Waals surface area contributed by atoms with Gasteiger partial charge in [-0.3, -0.25) is 0 Å². The Hall–Kier alpha value is -1.25. The first-order chi connectivity index (χ1) is 8.88. The van der Waals surface area contributed by atoms with Crippen LogP contribution < -0.4 is 4.72 Å². The van der Waals surface area contributed by atoms with Crippen molar-refractivity contribution in [1.29, 1.82) is 0 Å². The Bertz CT molecular complexity index is 726. The van der Waals surface area contributed by atoms with Gasteiger partial charge in [0.1, 0.15) is 11.0 Å². The number of hydrogen-bond acceptors (Lipinski definition) is 4. The van der Waals surface area contributed by atoms with Gasteiger partial charge < -0.3 is 0 Å². The van der Waals surface area contributed by atoms with Crippen LogP contribution in [0.3, 0.4) is 0 Å². The average molecular weight is 367 g/mol.